The first kappa shape index (κ1) is 15.3. The molecular formula is C14H22N2O3. The van der Waals surface area contributed by atoms with Crippen molar-refractivity contribution in [1.82, 2.24) is 10.6 Å². The van der Waals surface area contributed by atoms with Crippen LogP contribution >= 0.6 is 0 Å². The number of benzene rings is 1. The number of para-hydroxylation sites is 1. The van der Waals surface area contributed by atoms with Crippen molar-refractivity contribution >= 4 is 6.03 Å². The summed E-state index contributed by atoms with van der Waals surface area (Å²) in [7, 11) is 0. The molecule has 0 aliphatic carbocycles. The van der Waals surface area contributed by atoms with Gasteiger partial charge in [0.15, 0.2) is 0 Å². The van der Waals surface area contributed by atoms with Gasteiger partial charge in [-0.1, -0.05) is 18.2 Å². The van der Waals surface area contributed by atoms with Gasteiger partial charge in [-0.05, 0) is 26.3 Å². The van der Waals surface area contributed by atoms with Crippen molar-refractivity contribution < 1.29 is 14.6 Å². The van der Waals surface area contributed by atoms with Crippen molar-refractivity contribution in [3.8, 4) is 5.75 Å². The molecule has 5 heteroatoms. The van der Waals surface area contributed by atoms with E-state index < -0.39 is 6.10 Å². The van der Waals surface area contributed by atoms with E-state index in [1.807, 2.05) is 31.2 Å². The Kier molecular flexibility index (Phi) is 6.74. The Morgan fingerprint density at radius 2 is 2.11 bits per heavy atom. The molecule has 1 unspecified atom stereocenters. The summed E-state index contributed by atoms with van der Waals surface area (Å²) >= 11 is 0. The molecule has 1 rings (SSSR count). The van der Waals surface area contributed by atoms with Gasteiger partial charge in [-0.3, -0.25) is 0 Å². The maximum atomic E-state index is 11.5. The van der Waals surface area contributed by atoms with Gasteiger partial charge >= 0.3 is 6.03 Å². The van der Waals surface area contributed by atoms with Crippen LogP contribution in [0.25, 0.3) is 0 Å². The van der Waals surface area contributed by atoms with Gasteiger partial charge in [0.1, 0.15) is 5.75 Å². The van der Waals surface area contributed by atoms with Crippen LogP contribution in [0.5, 0.6) is 5.75 Å². The predicted molar refractivity (Wildman–Crippen MR) is 74.1 cm³/mol. The number of rotatable bonds is 7. The third-order valence-electron chi connectivity index (χ3n) is 2.56. The molecule has 0 radical (unpaired) electrons. The minimum Gasteiger partial charge on any atom is -0.494 e. The number of carbonyl (C=O) groups excluding carboxylic acids is 1. The topological polar surface area (TPSA) is 70.6 Å². The summed E-state index contributed by atoms with van der Waals surface area (Å²) in [4.78, 5) is 11.5. The third-order valence-corrected chi connectivity index (χ3v) is 2.56. The van der Waals surface area contributed by atoms with Crippen LogP contribution in [-0.2, 0) is 6.54 Å². The van der Waals surface area contributed by atoms with E-state index in [1.165, 1.54) is 0 Å². The lowest BCUT2D eigenvalue weighted by atomic mass is 10.2. The molecule has 0 aromatic heterocycles. The first-order valence-electron chi connectivity index (χ1n) is 6.54. The Morgan fingerprint density at radius 3 is 2.79 bits per heavy atom. The Hall–Kier alpha value is -1.75. The van der Waals surface area contributed by atoms with Crippen molar-refractivity contribution in [3.05, 3.63) is 29.8 Å². The number of urea groups is 1. The number of amides is 2. The number of hydrogen-bond acceptors (Lipinski definition) is 3. The summed E-state index contributed by atoms with van der Waals surface area (Å²) < 4.78 is 5.48. The molecule has 0 saturated carbocycles. The van der Waals surface area contributed by atoms with E-state index in [0.29, 0.717) is 26.1 Å². The zero-order valence-electron chi connectivity index (χ0n) is 11.5. The van der Waals surface area contributed by atoms with Crippen molar-refractivity contribution in [3.63, 3.8) is 0 Å². The molecule has 0 spiro atoms. The summed E-state index contributed by atoms with van der Waals surface area (Å²) in [5.41, 5.74) is 0.940. The van der Waals surface area contributed by atoms with Crippen LogP contribution < -0.4 is 15.4 Å². The van der Waals surface area contributed by atoms with Gasteiger partial charge in [-0.25, -0.2) is 4.79 Å². The molecule has 19 heavy (non-hydrogen) atoms. The second-order valence-corrected chi connectivity index (χ2v) is 4.29. The van der Waals surface area contributed by atoms with E-state index in [1.54, 1.807) is 6.92 Å². The van der Waals surface area contributed by atoms with E-state index in [9.17, 15) is 4.79 Å². The molecule has 1 aromatic carbocycles. The summed E-state index contributed by atoms with van der Waals surface area (Å²) in [6.45, 7) is 5.08. The van der Waals surface area contributed by atoms with Gasteiger partial charge in [0.2, 0.25) is 0 Å². The zero-order chi connectivity index (χ0) is 14.1. The van der Waals surface area contributed by atoms with Gasteiger partial charge in [0.05, 0.1) is 12.7 Å². The normalized spacial score (nSPS) is 11.7. The Balaban J connectivity index is 2.37. The van der Waals surface area contributed by atoms with E-state index in [0.717, 1.165) is 11.3 Å². The van der Waals surface area contributed by atoms with E-state index in [-0.39, 0.29) is 6.03 Å². The van der Waals surface area contributed by atoms with Crippen molar-refractivity contribution in [2.45, 2.75) is 32.9 Å². The molecule has 5 nitrogen and oxygen atoms in total. The smallest absolute Gasteiger partial charge is 0.315 e. The minimum atomic E-state index is -0.404. The molecule has 3 N–H and O–H groups in total. The lowest BCUT2D eigenvalue weighted by Gasteiger charge is -2.12. The summed E-state index contributed by atoms with van der Waals surface area (Å²) in [6, 6.07) is 7.36. The van der Waals surface area contributed by atoms with Gasteiger partial charge in [-0.2, -0.15) is 0 Å². The monoisotopic (exact) mass is 266 g/mol. The Labute approximate surface area is 114 Å². The summed E-state index contributed by atoms with van der Waals surface area (Å²) in [5, 5.41) is 14.5. The Bertz CT molecular complexity index is 394. The molecule has 0 aliphatic rings. The highest BCUT2D eigenvalue weighted by Crippen LogP contribution is 2.17. The van der Waals surface area contributed by atoms with Crippen LogP contribution in [-0.4, -0.2) is 30.4 Å². The fourth-order valence-corrected chi connectivity index (χ4v) is 1.58. The average molecular weight is 266 g/mol. The lowest BCUT2D eigenvalue weighted by molar-refractivity contribution is 0.183. The van der Waals surface area contributed by atoms with E-state index >= 15 is 0 Å². The van der Waals surface area contributed by atoms with Crippen LogP contribution in [0.4, 0.5) is 4.79 Å². The largest absolute Gasteiger partial charge is 0.494 e. The SMILES string of the molecule is CCOc1ccccc1CNC(=O)NCCC(C)O. The zero-order valence-corrected chi connectivity index (χ0v) is 11.5. The first-order chi connectivity index (χ1) is 9.13. The van der Waals surface area contributed by atoms with Gasteiger partial charge in [0, 0.05) is 18.7 Å². The molecule has 1 atom stereocenters. The van der Waals surface area contributed by atoms with Crippen LogP contribution in [0, 0.1) is 0 Å². The number of carbonyl (C=O) groups is 1. The molecule has 1 aromatic rings. The molecule has 0 fully saturated rings. The van der Waals surface area contributed by atoms with Crippen LogP contribution in [0.15, 0.2) is 24.3 Å². The second kappa shape index (κ2) is 8.37. The maximum Gasteiger partial charge on any atom is 0.315 e. The number of aliphatic hydroxyl groups excluding tert-OH is 1. The number of hydrogen-bond donors (Lipinski definition) is 3. The average Bonchev–Trinajstić information content (AvgIpc) is 2.37. The molecule has 2 amide bonds. The van der Waals surface area contributed by atoms with Crippen LogP contribution in [0.3, 0.4) is 0 Å². The van der Waals surface area contributed by atoms with Gasteiger partial charge < -0.3 is 20.5 Å². The minimum absolute atomic E-state index is 0.244. The maximum absolute atomic E-state index is 11.5. The number of ether oxygens (including phenoxy) is 1. The highest BCUT2D eigenvalue weighted by atomic mass is 16.5. The first-order valence-corrected chi connectivity index (χ1v) is 6.54. The lowest BCUT2D eigenvalue weighted by Crippen LogP contribution is -2.36. The van der Waals surface area contributed by atoms with Crippen molar-refractivity contribution in [1.29, 1.82) is 0 Å². The molecule has 0 bridgehead atoms. The number of nitrogens with one attached hydrogen (secondary N) is 2. The van der Waals surface area contributed by atoms with Gasteiger partial charge in [-0.15, -0.1) is 0 Å². The van der Waals surface area contributed by atoms with Crippen molar-refractivity contribution in [2.24, 2.45) is 0 Å². The van der Waals surface area contributed by atoms with Crippen LogP contribution in [0.1, 0.15) is 25.8 Å². The Morgan fingerprint density at radius 1 is 1.37 bits per heavy atom. The molecular weight excluding hydrogens is 244 g/mol. The van der Waals surface area contributed by atoms with Crippen molar-refractivity contribution in [2.75, 3.05) is 13.2 Å². The summed E-state index contributed by atoms with van der Waals surface area (Å²) in [6.07, 6.45) is 0.141. The number of aliphatic hydroxyl groups is 1. The summed E-state index contributed by atoms with van der Waals surface area (Å²) in [5.74, 6) is 0.786. The second-order valence-electron chi connectivity index (χ2n) is 4.29. The van der Waals surface area contributed by atoms with Gasteiger partial charge in [0.25, 0.3) is 0 Å². The van der Waals surface area contributed by atoms with E-state index in [2.05, 4.69) is 10.6 Å². The predicted octanol–water partition coefficient (Wildman–Crippen LogP) is 1.66. The fourth-order valence-electron chi connectivity index (χ4n) is 1.58. The molecule has 0 saturated heterocycles. The fraction of sp³-hybridized carbons (Fsp3) is 0.500. The standard InChI is InChI=1S/C14H22N2O3/c1-3-19-13-7-5-4-6-12(13)10-16-14(18)15-9-8-11(2)17/h4-7,11,17H,3,8-10H2,1-2H3,(H2,15,16,18). The quantitative estimate of drug-likeness (QED) is 0.703. The highest BCUT2D eigenvalue weighted by molar-refractivity contribution is 5.73. The molecule has 0 heterocycles. The van der Waals surface area contributed by atoms with Crippen LogP contribution in [0.2, 0.25) is 0 Å². The highest BCUT2D eigenvalue weighted by Gasteiger charge is 2.05. The molecule has 106 valence electrons. The third kappa shape index (κ3) is 6.10. The molecule has 0 aliphatic heterocycles. The van der Waals surface area contributed by atoms with E-state index in [4.69, 9.17) is 9.84 Å².